The van der Waals surface area contributed by atoms with Crippen molar-refractivity contribution in [2.45, 2.75) is 5.16 Å². The number of hydrogen-bond acceptors (Lipinski definition) is 8. The molecule has 0 unspecified atom stereocenters. The summed E-state index contributed by atoms with van der Waals surface area (Å²) in [5, 5.41) is 7.71. The molecule has 0 fully saturated rings. The number of hydrazine groups is 1. The third kappa shape index (κ3) is 10.6. The molecule has 1 amide bonds. The van der Waals surface area contributed by atoms with E-state index in [4.69, 9.17) is 0 Å². The summed E-state index contributed by atoms with van der Waals surface area (Å²) in [7, 11) is 0. The van der Waals surface area contributed by atoms with Gasteiger partial charge in [-0.2, -0.15) is 4.99 Å². The summed E-state index contributed by atoms with van der Waals surface area (Å²) in [5.41, 5.74) is 1.65. The molecule has 0 radical (unpaired) electrons. The third-order valence-electron chi connectivity index (χ3n) is 3.40. The average Bonchev–Trinajstić information content (AvgIpc) is 3.29. The van der Waals surface area contributed by atoms with Gasteiger partial charge < -0.3 is 5.48 Å². The zero-order valence-corrected chi connectivity index (χ0v) is 23.1. The van der Waals surface area contributed by atoms with Crippen molar-refractivity contribution in [2.75, 3.05) is 18.8 Å². The minimum atomic E-state index is -0.193. The van der Waals surface area contributed by atoms with Crippen molar-refractivity contribution in [3.63, 3.8) is 0 Å². The summed E-state index contributed by atoms with van der Waals surface area (Å²) >= 11 is 11.2. The van der Waals surface area contributed by atoms with Crippen LogP contribution in [0.25, 0.3) is 11.4 Å². The number of carbonyl (C=O) groups excluding carboxylic acids is 1. The normalized spacial score (nSPS) is 9.34. The molecular formula is C19H24Br2N6O2S3. The van der Waals surface area contributed by atoms with Crippen molar-refractivity contribution in [1.29, 1.82) is 0 Å². The van der Waals surface area contributed by atoms with Crippen LogP contribution in [0.1, 0.15) is 10.4 Å². The fourth-order valence-corrected chi connectivity index (χ4v) is 3.85. The van der Waals surface area contributed by atoms with Crippen molar-refractivity contribution in [1.82, 2.24) is 15.2 Å². The van der Waals surface area contributed by atoms with E-state index in [1.165, 1.54) is 35.3 Å². The molecule has 174 valence electrons. The van der Waals surface area contributed by atoms with E-state index in [1.54, 1.807) is 12.1 Å². The van der Waals surface area contributed by atoms with Crippen LogP contribution in [-0.4, -0.2) is 49.7 Å². The molecule has 13 heteroatoms. The Hall–Kier alpha value is -1.19. The Labute approximate surface area is 216 Å². The first-order valence-corrected chi connectivity index (χ1v) is 13.7. The molecule has 32 heavy (non-hydrogen) atoms. The summed E-state index contributed by atoms with van der Waals surface area (Å²) in [5.74, 6) is 8.61. The molecular weight excluding hydrogens is 600 g/mol. The number of H-pyrrole nitrogens is 1. The number of nitrogens with zero attached hydrogens (tertiary/aromatic N) is 3. The Balaban J connectivity index is 0.000000542. The number of thioether (sulfide) groups is 3. The molecule has 2 aromatic carbocycles. The quantitative estimate of drug-likeness (QED) is 0.125. The van der Waals surface area contributed by atoms with E-state index in [1.807, 2.05) is 55.2 Å². The number of carbonyl (C=O) groups is 1. The molecule has 7 N–H and O–H groups in total. The van der Waals surface area contributed by atoms with Gasteiger partial charge in [-0.3, -0.25) is 21.6 Å². The Bertz CT molecular complexity index is 964. The molecule has 0 saturated carbocycles. The smallest absolute Gasteiger partial charge is 0.278 e. The zero-order valence-electron chi connectivity index (χ0n) is 17.5. The third-order valence-corrected chi connectivity index (χ3v) is 6.88. The number of aromatic amines is 1. The van der Waals surface area contributed by atoms with Crippen LogP contribution < -0.4 is 11.7 Å². The SMILES string of the molecule is CSC(=NC(=O)c1ccc(Br)cc1)SC.CSc1n[nH]c(-c2ccc(Br)cc2)n1.NN.O. The van der Waals surface area contributed by atoms with Crippen LogP contribution in [0.3, 0.4) is 0 Å². The topological polar surface area (TPSA) is 155 Å². The maximum Gasteiger partial charge on any atom is 0.278 e. The van der Waals surface area contributed by atoms with Crippen LogP contribution in [0.4, 0.5) is 0 Å². The molecule has 1 aromatic heterocycles. The molecule has 0 spiro atoms. The molecule has 0 bridgehead atoms. The summed E-state index contributed by atoms with van der Waals surface area (Å²) in [6, 6.07) is 15.1. The van der Waals surface area contributed by atoms with E-state index in [2.05, 4.69) is 63.7 Å². The predicted octanol–water partition coefficient (Wildman–Crippen LogP) is 4.62. The molecule has 8 nitrogen and oxygen atoms in total. The second kappa shape index (κ2) is 17.3. The number of aromatic nitrogens is 3. The summed E-state index contributed by atoms with van der Waals surface area (Å²) in [4.78, 5) is 20.0. The van der Waals surface area contributed by atoms with Gasteiger partial charge in [0.2, 0.25) is 5.16 Å². The number of hydrogen-bond donors (Lipinski definition) is 3. The van der Waals surface area contributed by atoms with Crippen molar-refractivity contribution in [2.24, 2.45) is 16.7 Å². The van der Waals surface area contributed by atoms with Crippen molar-refractivity contribution in [3.8, 4) is 11.4 Å². The molecule has 0 saturated heterocycles. The van der Waals surface area contributed by atoms with E-state index < -0.39 is 0 Å². The lowest BCUT2D eigenvalue weighted by Gasteiger charge is -1.98. The standard InChI is InChI=1S/C10H10BrNOS2.C9H8BrN3S.H4N2.H2O/c1-14-10(15-2)12-9(13)7-3-5-8(11)6-4-7;1-14-9-11-8(12-13-9)6-2-4-7(10)5-3-6;1-2;/h3-6H,1-2H3;2-5H,1H3,(H,11,12,13);1-2H2;1H2. The predicted molar refractivity (Wildman–Crippen MR) is 146 cm³/mol. The van der Waals surface area contributed by atoms with Gasteiger partial charge in [-0.25, -0.2) is 4.98 Å². The largest absolute Gasteiger partial charge is 0.412 e. The highest BCUT2D eigenvalue weighted by molar-refractivity contribution is 9.10. The minimum absolute atomic E-state index is 0. The molecule has 1 heterocycles. The first kappa shape index (κ1) is 30.8. The first-order valence-electron chi connectivity index (χ1n) is 8.49. The van der Waals surface area contributed by atoms with E-state index in [9.17, 15) is 4.79 Å². The van der Waals surface area contributed by atoms with Crippen LogP contribution in [-0.2, 0) is 0 Å². The van der Waals surface area contributed by atoms with Crippen LogP contribution >= 0.6 is 67.1 Å². The van der Waals surface area contributed by atoms with E-state index in [0.717, 1.165) is 29.9 Å². The second-order valence-electron chi connectivity index (χ2n) is 5.28. The molecule has 3 rings (SSSR count). The zero-order chi connectivity index (χ0) is 23.2. The van der Waals surface area contributed by atoms with Gasteiger partial charge in [0.05, 0.1) is 0 Å². The van der Waals surface area contributed by atoms with Crippen LogP contribution in [0.2, 0.25) is 0 Å². The molecule has 0 aliphatic rings. The van der Waals surface area contributed by atoms with Crippen LogP contribution in [0.15, 0.2) is 67.6 Å². The van der Waals surface area contributed by atoms with Crippen molar-refractivity contribution >= 4 is 77.4 Å². The van der Waals surface area contributed by atoms with Crippen LogP contribution in [0, 0.1) is 0 Å². The van der Waals surface area contributed by atoms with Crippen molar-refractivity contribution < 1.29 is 10.3 Å². The number of benzene rings is 2. The highest BCUT2D eigenvalue weighted by Gasteiger charge is 2.05. The molecule has 0 aliphatic heterocycles. The highest BCUT2D eigenvalue weighted by Crippen LogP contribution is 2.20. The maximum atomic E-state index is 11.7. The molecule has 0 aliphatic carbocycles. The molecule has 0 atom stereocenters. The fraction of sp³-hybridized carbons (Fsp3) is 0.158. The van der Waals surface area contributed by atoms with E-state index in [0.29, 0.717) is 5.56 Å². The Morgan fingerprint density at radius 2 is 1.44 bits per heavy atom. The summed E-state index contributed by atoms with van der Waals surface area (Å²) in [6.07, 6.45) is 5.77. The average molecular weight is 624 g/mol. The Morgan fingerprint density at radius 3 is 1.88 bits per heavy atom. The minimum Gasteiger partial charge on any atom is -0.412 e. The van der Waals surface area contributed by atoms with Gasteiger partial charge in [-0.15, -0.1) is 28.6 Å². The van der Waals surface area contributed by atoms with Crippen molar-refractivity contribution in [3.05, 3.63) is 63.0 Å². The van der Waals surface area contributed by atoms with Gasteiger partial charge >= 0.3 is 0 Å². The van der Waals surface area contributed by atoms with Gasteiger partial charge in [0.15, 0.2) is 5.82 Å². The Kier molecular flexibility index (Phi) is 16.7. The van der Waals surface area contributed by atoms with E-state index in [-0.39, 0.29) is 11.4 Å². The lowest BCUT2D eigenvalue weighted by Crippen LogP contribution is -2.02. The summed E-state index contributed by atoms with van der Waals surface area (Å²) in [6.45, 7) is 0. The Morgan fingerprint density at radius 1 is 0.938 bits per heavy atom. The van der Waals surface area contributed by atoms with Gasteiger partial charge in [-0.1, -0.05) is 55.8 Å². The maximum absolute atomic E-state index is 11.7. The summed E-state index contributed by atoms with van der Waals surface area (Å²) < 4.78 is 2.80. The lowest BCUT2D eigenvalue weighted by atomic mass is 10.2. The molecule has 3 aromatic rings. The monoisotopic (exact) mass is 622 g/mol. The number of halogens is 2. The van der Waals surface area contributed by atoms with Crippen LogP contribution in [0.5, 0.6) is 0 Å². The second-order valence-corrected chi connectivity index (χ2v) is 9.73. The van der Waals surface area contributed by atoms with Gasteiger partial charge in [-0.05, 0) is 55.2 Å². The number of rotatable bonds is 3. The number of nitrogens with one attached hydrogen (secondary N) is 1. The fourth-order valence-electron chi connectivity index (χ4n) is 1.99. The number of nitrogens with two attached hydrogens (primary N) is 2. The highest BCUT2D eigenvalue weighted by atomic mass is 79.9. The first-order chi connectivity index (χ1) is 15.0. The number of amides is 1. The van der Waals surface area contributed by atoms with Gasteiger partial charge in [0.1, 0.15) is 4.38 Å². The van der Waals surface area contributed by atoms with E-state index >= 15 is 0 Å². The van der Waals surface area contributed by atoms with Gasteiger partial charge in [0.25, 0.3) is 5.91 Å². The van der Waals surface area contributed by atoms with Gasteiger partial charge in [0, 0.05) is 20.1 Å². The number of aliphatic imine (C=N–C) groups is 1. The lowest BCUT2D eigenvalue weighted by molar-refractivity contribution is 0.100.